The quantitative estimate of drug-likeness (QED) is 0.0647. The van der Waals surface area contributed by atoms with Gasteiger partial charge in [0.15, 0.2) is 0 Å². The Labute approximate surface area is 407 Å². The van der Waals surface area contributed by atoms with Gasteiger partial charge >= 0.3 is 23.9 Å². The van der Waals surface area contributed by atoms with Crippen molar-refractivity contribution in [2.24, 2.45) is 20.0 Å². The third kappa shape index (κ3) is 9.12. The second kappa shape index (κ2) is 21.0. The number of rotatable bonds is 17. The van der Waals surface area contributed by atoms with E-state index in [1.54, 1.807) is 76.2 Å². The molecule has 0 bridgehead atoms. The van der Waals surface area contributed by atoms with Crippen LogP contribution < -0.4 is 0 Å². The van der Waals surface area contributed by atoms with Gasteiger partial charge in [0.1, 0.15) is 0 Å². The summed E-state index contributed by atoms with van der Waals surface area (Å²) >= 11 is 0. The number of carbonyl (C=O) groups is 4. The smallest absolute Gasteiger partial charge is 0.338 e. The molecule has 0 saturated heterocycles. The minimum absolute atomic E-state index is 0.225. The van der Waals surface area contributed by atoms with Crippen LogP contribution in [-0.4, -0.2) is 73.2 Å². The SMILES string of the molecule is CCOC(=O)c1ccc(C2=NC(c3ccccc3CC)(C3(c4ccccc4CC)N=C(c4ccc(C(=O)OCC)cc4)C(c4ccc(C(=O)OCC)cc4)=N3)N=C2c2ccc(C(=O)OCC)cc2)cc1. The maximum atomic E-state index is 13.0. The van der Waals surface area contributed by atoms with Crippen LogP contribution in [0.5, 0.6) is 0 Å². The van der Waals surface area contributed by atoms with Crippen LogP contribution >= 0.6 is 0 Å². The van der Waals surface area contributed by atoms with E-state index in [4.69, 9.17) is 38.9 Å². The lowest BCUT2D eigenvalue weighted by Gasteiger charge is -2.40. The van der Waals surface area contributed by atoms with E-state index in [-0.39, 0.29) is 26.4 Å². The number of ether oxygens (including phenoxy) is 4. The van der Waals surface area contributed by atoms with Gasteiger partial charge in [-0.1, -0.05) is 111 Å². The number of nitrogens with zero attached hydrogens (tertiary/aromatic N) is 4. The van der Waals surface area contributed by atoms with Crippen LogP contribution in [0.4, 0.5) is 0 Å². The molecule has 6 aromatic rings. The van der Waals surface area contributed by atoms with Crippen molar-refractivity contribution in [1.29, 1.82) is 0 Å². The molecule has 0 saturated carbocycles. The molecule has 0 amide bonds. The van der Waals surface area contributed by atoms with Gasteiger partial charge in [-0.05, 0) is 100 Å². The van der Waals surface area contributed by atoms with E-state index >= 15 is 0 Å². The lowest BCUT2D eigenvalue weighted by Crippen LogP contribution is -2.44. The van der Waals surface area contributed by atoms with E-state index in [0.717, 1.165) is 22.3 Å². The predicted molar refractivity (Wildman–Crippen MR) is 271 cm³/mol. The first-order valence-electron chi connectivity index (χ1n) is 23.7. The Morgan fingerprint density at radius 2 is 0.571 bits per heavy atom. The number of esters is 4. The van der Waals surface area contributed by atoms with E-state index in [1.165, 1.54) is 0 Å². The molecule has 0 N–H and O–H groups in total. The minimum atomic E-state index is -1.67. The lowest BCUT2D eigenvalue weighted by molar-refractivity contribution is 0.0516. The molecule has 0 aromatic heterocycles. The highest BCUT2D eigenvalue weighted by Gasteiger charge is 2.61. The fraction of sp³-hybridized carbons (Fsp3) is 0.241. The summed E-state index contributed by atoms with van der Waals surface area (Å²) in [5.74, 6) is -1.81. The van der Waals surface area contributed by atoms with Crippen molar-refractivity contribution in [3.05, 3.63) is 212 Å². The first-order chi connectivity index (χ1) is 34.0. The summed E-state index contributed by atoms with van der Waals surface area (Å²) in [5.41, 5.74) is 6.21. The van der Waals surface area contributed by atoms with Crippen LogP contribution in [0.3, 0.4) is 0 Å². The molecule has 0 atom stereocenters. The highest BCUT2D eigenvalue weighted by molar-refractivity contribution is 6.56. The van der Waals surface area contributed by atoms with Crippen LogP contribution in [0, 0.1) is 0 Å². The number of aliphatic imine (C=N–C) groups is 4. The average Bonchev–Trinajstić information content (AvgIpc) is 4.02. The fourth-order valence-corrected chi connectivity index (χ4v) is 8.89. The first-order valence-corrected chi connectivity index (χ1v) is 23.7. The van der Waals surface area contributed by atoms with E-state index in [2.05, 4.69) is 26.0 Å². The second-order valence-corrected chi connectivity index (χ2v) is 16.4. The molecule has 6 aromatic carbocycles. The molecule has 8 rings (SSSR count). The van der Waals surface area contributed by atoms with E-state index in [9.17, 15) is 19.2 Å². The van der Waals surface area contributed by atoms with E-state index in [0.29, 0.717) is 80.2 Å². The summed E-state index contributed by atoms with van der Waals surface area (Å²) in [6.45, 7) is 12.1. The Morgan fingerprint density at radius 3 is 0.786 bits per heavy atom. The van der Waals surface area contributed by atoms with Crippen LogP contribution in [0.15, 0.2) is 166 Å². The summed E-state index contributed by atoms with van der Waals surface area (Å²) in [7, 11) is 0. The van der Waals surface area contributed by atoms with Gasteiger partial charge in [0.05, 0.1) is 71.5 Å². The van der Waals surface area contributed by atoms with Crippen molar-refractivity contribution in [2.75, 3.05) is 26.4 Å². The molecule has 12 heteroatoms. The van der Waals surface area contributed by atoms with Gasteiger partial charge < -0.3 is 18.9 Å². The average molecular weight is 935 g/mol. The molecular formula is C58H54N4O8. The fourth-order valence-electron chi connectivity index (χ4n) is 8.89. The predicted octanol–water partition coefficient (Wildman–Crippen LogP) is 10.5. The first kappa shape index (κ1) is 48.3. The van der Waals surface area contributed by atoms with Crippen molar-refractivity contribution in [1.82, 2.24) is 0 Å². The minimum Gasteiger partial charge on any atom is -0.462 e. The molecule has 2 aliphatic heterocycles. The van der Waals surface area contributed by atoms with Gasteiger partial charge in [-0.25, -0.2) is 39.1 Å². The van der Waals surface area contributed by atoms with E-state index < -0.39 is 35.2 Å². The molecule has 354 valence electrons. The Morgan fingerprint density at radius 1 is 0.343 bits per heavy atom. The summed E-state index contributed by atoms with van der Waals surface area (Å²) in [4.78, 5) is 75.3. The normalized spacial score (nSPS) is 14.4. The van der Waals surface area contributed by atoms with Crippen molar-refractivity contribution in [2.45, 2.75) is 65.7 Å². The highest BCUT2D eigenvalue weighted by atomic mass is 16.5. The lowest BCUT2D eigenvalue weighted by atomic mass is 9.78. The maximum Gasteiger partial charge on any atom is 0.338 e. The van der Waals surface area contributed by atoms with Gasteiger partial charge in [-0.15, -0.1) is 0 Å². The molecule has 2 heterocycles. The van der Waals surface area contributed by atoms with Gasteiger partial charge in [0.25, 0.3) is 0 Å². The molecular weight excluding hydrogens is 881 g/mol. The van der Waals surface area contributed by atoms with Crippen LogP contribution in [0.2, 0.25) is 0 Å². The number of hydrogen-bond donors (Lipinski definition) is 0. The third-order valence-corrected chi connectivity index (χ3v) is 12.3. The van der Waals surface area contributed by atoms with Gasteiger partial charge in [-0.3, -0.25) is 0 Å². The van der Waals surface area contributed by atoms with Crippen molar-refractivity contribution in [3.63, 3.8) is 0 Å². The molecule has 0 radical (unpaired) electrons. The number of carbonyl (C=O) groups excluding carboxylic acids is 4. The Balaban J connectivity index is 1.50. The number of hydrogen-bond acceptors (Lipinski definition) is 12. The standard InChI is InChI=1S/C58H54N4O8/c1-7-37-17-13-15-19-47(37)57(59-49(39-21-29-43(30-22-39)53(63)67-9-3)50(60-57)40-23-31-44(32-24-40)54(64)68-10-4)58(48-20-16-14-18-38(48)8-2)61-51(41-25-33-45(34-26-41)55(65)69-11-5)52(62-58)42-27-35-46(36-28-42)56(66)70-12-6/h13-36H,7-12H2,1-6H3. The Bertz CT molecular complexity index is 2700. The zero-order chi connectivity index (χ0) is 49.4. The van der Waals surface area contributed by atoms with Crippen LogP contribution in [-0.2, 0) is 43.1 Å². The zero-order valence-corrected chi connectivity index (χ0v) is 40.2. The monoisotopic (exact) mass is 934 g/mol. The molecule has 0 aliphatic carbocycles. The van der Waals surface area contributed by atoms with Gasteiger partial charge in [0, 0.05) is 33.4 Å². The summed E-state index contributed by atoms with van der Waals surface area (Å²) in [6.07, 6.45) is 1.22. The Hall–Kier alpha value is -8.12. The number of benzene rings is 6. The van der Waals surface area contributed by atoms with Crippen LogP contribution in [0.25, 0.3) is 0 Å². The zero-order valence-electron chi connectivity index (χ0n) is 40.2. The maximum absolute atomic E-state index is 13.0. The van der Waals surface area contributed by atoms with Gasteiger partial charge in [-0.2, -0.15) is 0 Å². The summed E-state index contributed by atoms with van der Waals surface area (Å²) in [6, 6.07) is 44.4. The molecule has 0 fully saturated rings. The van der Waals surface area contributed by atoms with Crippen LogP contribution in [0.1, 0.15) is 127 Å². The second-order valence-electron chi connectivity index (χ2n) is 16.4. The molecule has 12 nitrogen and oxygen atoms in total. The van der Waals surface area contributed by atoms with E-state index in [1.807, 2.05) is 84.9 Å². The summed E-state index contributed by atoms with van der Waals surface area (Å²) < 4.78 is 21.4. The largest absolute Gasteiger partial charge is 0.462 e. The Kier molecular flexibility index (Phi) is 14.5. The number of aryl methyl sites for hydroxylation is 2. The van der Waals surface area contributed by atoms with Crippen molar-refractivity contribution in [3.8, 4) is 0 Å². The van der Waals surface area contributed by atoms with Gasteiger partial charge in [0.2, 0.25) is 11.3 Å². The third-order valence-electron chi connectivity index (χ3n) is 12.3. The molecule has 70 heavy (non-hydrogen) atoms. The molecule has 0 spiro atoms. The highest BCUT2D eigenvalue weighted by Crippen LogP contribution is 2.56. The topological polar surface area (TPSA) is 155 Å². The van der Waals surface area contributed by atoms with Crippen molar-refractivity contribution < 1.29 is 38.1 Å². The summed E-state index contributed by atoms with van der Waals surface area (Å²) in [5, 5.41) is 0. The molecule has 2 aliphatic rings. The van der Waals surface area contributed by atoms with Crippen molar-refractivity contribution >= 4 is 46.7 Å². The molecule has 0 unspecified atom stereocenters.